The first-order valence-electron chi connectivity index (χ1n) is 8.17. The molecule has 0 aliphatic carbocycles. The average molecular weight is 347 g/mol. The Labute approximate surface area is 148 Å². The lowest BCUT2D eigenvalue weighted by Crippen LogP contribution is -2.21. The normalized spacial score (nSPS) is 10.9. The Morgan fingerprint density at radius 1 is 1.21 bits per heavy atom. The van der Waals surface area contributed by atoms with Gasteiger partial charge in [0, 0.05) is 22.8 Å². The number of halogens is 1. The number of nitrogens with zero attached hydrogens (tertiary/aromatic N) is 1. The second kappa shape index (κ2) is 8.81. The minimum Gasteiger partial charge on any atom is -0.476 e. The van der Waals surface area contributed by atoms with Crippen LogP contribution in [0.5, 0.6) is 5.88 Å². The van der Waals surface area contributed by atoms with Crippen LogP contribution in [0, 0.1) is 0 Å². The van der Waals surface area contributed by atoms with E-state index in [-0.39, 0.29) is 11.7 Å². The van der Waals surface area contributed by atoms with Crippen LogP contribution in [0.25, 0.3) is 0 Å². The second-order valence-corrected chi connectivity index (χ2v) is 6.22. The molecular weight excluding hydrogens is 324 g/mol. The third kappa shape index (κ3) is 4.79. The molecule has 1 heterocycles. The predicted octanol–water partition coefficient (Wildman–Crippen LogP) is 4.08. The molecule has 1 aromatic heterocycles. The van der Waals surface area contributed by atoms with Gasteiger partial charge in [-0.05, 0) is 48.9 Å². The summed E-state index contributed by atoms with van der Waals surface area (Å²) in [6.45, 7) is 8.20. The summed E-state index contributed by atoms with van der Waals surface area (Å²) in [4.78, 5) is 17.3. The van der Waals surface area contributed by atoms with Crippen molar-refractivity contribution in [2.45, 2.75) is 26.7 Å². The van der Waals surface area contributed by atoms with Crippen molar-refractivity contribution in [3.8, 4) is 5.88 Å². The molecule has 0 radical (unpaired) electrons. The first-order valence-corrected chi connectivity index (χ1v) is 8.55. The molecule has 2 rings (SSSR count). The van der Waals surface area contributed by atoms with Crippen molar-refractivity contribution in [1.82, 2.24) is 10.3 Å². The third-order valence-corrected chi connectivity index (χ3v) is 3.84. The van der Waals surface area contributed by atoms with Crippen LogP contribution in [-0.2, 0) is 0 Å². The van der Waals surface area contributed by atoms with E-state index in [1.807, 2.05) is 13.0 Å². The average Bonchev–Trinajstić information content (AvgIpc) is 2.58. The van der Waals surface area contributed by atoms with Crippen LogP contribution in [0.1, 0.15) is 48.3 Å². The number of likely N-dealkylation sites (N-methyl/N-ethyl adjacent to an activating group) is 1. The smallest absolute Gasteiger partial charge is 0.225 e. The Morgan fingerprint density at radius 3 is 2.54 bits per heavy atom. The van der Waals surface area contributed by atoms with E-state index in [1.54, 1.807) is 30.3 Å². The fourth-order valence-electron chi connectivity index (χ4n) is 2.21. The summed E-state index contributed by atoms with van der Waals surface area (Å²) in [5.41, 5.74) is 1.94. The molecular formula is C19H23ClN2O2. The van der Waals surface area contributed by atoms with E-state index in [2.05, 4.69) is 24.1 Å². The number of benzene rings is 1. The summed E-state index contributed by atoms with van der Waals surface area (Å²) < 4.78 is 5.78. The highest BCUT2D eigenvalue weighted by Gasteiger charge is 2.17. The highest BCUT2D eigenvalue weighted by atomic mass is 35.5. The molecule has 128 valence electrons. The summed E-state index contributed by atoms with van der Waals surface area (Å²) >= 11 is 5.89. The number of carbonyl (C=O) groups is 1. The first-order chi connectivity index (χ1) is 11.5. The number of ketones is 1. The van der Waals surface area contributed by atoms with Gasteiger partial charge in [0.05, 0.1) is 5.56 Å². The van der Waals surface area contributed by atoms with Crippen LogP contribution < -0.4 is 10.1 Å². The van der Waals surface area contributed by atoms with Gasteiger partial charge in [-0.15, -0.1) is 0 Å². The fourth-order valence-corrected chi connectivity index (χ4v) is 2.34. The zero-order valence-electron chi connectivity index (χ0n) is 14.3. The van der Waals surface area contributed by atoms with Crippen LogP contribution in [0.2, 0.25) is 5.02 Å². The van der Waals surface area contributed by atoms with Crippen LogP contribution in [0.4, 0.5) is 0 Å². The number of hydrogen-bond donors (Lipinski definition) is 1. The molecule has 2 aromatic rings. The molecule has 1 aromatic carbocycles. The van der Waals surface area contributed by atoms with Crippen molar-refractivity contribution in [1.29, 1.82) is 0 Å². The van der Waals surface area contributed by atoms with Gasteiger partial charge < -0.3 is 10.1 Å². The van der Waals surface area contributed by atoms with Gasteiger partial charge in [0.2, 0.25) is 5.88 Å². The maximum absolute atomic E-state index is 12.8. The Balaban J connectivity index is 2.29. The lowest BCUT2D eigenvalue weighted by molar-refractivity contribution is 0.103. The van der Waals surface area contributed by atoms with Crippen molar-refractivity contribution in [2.24, 2.45) is 0 Å². The fraction of sp³-hybridized carbons (Fsp3) is 0.368. The standard InChI is InChI=1S/C19H23ClN2O2/c1-4-21-11-12-24-19-16(9-10-17(22-19)13(2)3)18(23)14-5-7-15(20)8-6-14/h5-10,13,21H,4,11-12H2,1-3H3. The quantitative estimate of drug-likeness (QED) is 0.578. The molecule has 24 heavy (non-hydrogen) atoms. The van der Waals surface area contributed by atoms with Crippen molar-refractivity contribution in [2.75, 3.05) is 19.7 Å². The first kappa shape index (κ1) is 18.4. The van der Waals surface area contributed by atoms with Crippen molar-refractivity contribution < 1.29 is 9.53 Å². The molecule has 0 bridgehead atoms. The molecule has 0 fully saturated rings. The van der Waals surface area contributed by atoms with Crippen molar-refractivity contribution >= 4 is 17.4 Å². The SMILES string of the molecule is CCNCCOc1nc(C(C)C)ccc1C(=O)c1ccc(Cl)cc1. The maximum Gasteiger partial charge on any atom is 0.225 e. The Hall–Kier alpha value is -1.91. The highest BCUT2D eigenvalue weighted by Crippen LogP contribution is 2.24. The van der Waals surface area contributed by atoms with Crippen molar-refractivity contribution in [3.63, 3.8) is 0 Å². The molecule has 4 nitrogen and oxygen atoms in total. The topological polar surface area (TPSA) is 51.2 Å². The van der Waals surface area contributed by atoms with Gasteiger partial charge in [0.1, 0.15) is 6.61 Å². The predicted molar refractivity (Wildman–Crippen MR) is 97.2 cm³/mol. The van der Waals surface area contributed by atoms with Gasteiger partial charge in [0.25, 0.3) is 0 Å². The lowest BCUT2D eigenvalue weighted by atomic mass is 10.0. The van der Waals surface area contributed by atoms with Gasteiger partial charge in [-0.1, -0.05) is 32.4 Å². The molecule has 0 atom stereocenters. The van der Waals surface area contributed by atoms with Crippen LogP contribution in [0.3, 0.4) is 0 Å². The van der Waals surface area contributed by atoms with Gasteiger partial charge >= 0.3 is 0 Å². The van der Waals surface area contributed by atoms with Crippen molar-refractivity contribution in [3.05, 3.63) is 58.2 Å². The number of hydrogen-bond acceptors (Lipinski definition) is 4. The molecule has 0 spiro atoms. The molecule has 0 aliphatic heterocycles. The van der Waals surface area contributed by atoms with Crippen LogP contribution in [-0.4, -0.2) is 30.5 Å². The summed E-state index contributed by atoms with van der Waals surface area (Å²) in [6, 6.07) is 10.5. The number of rotatable bonds is 8. The molecule has 0 saturated heterocycles. The van der Waals surface area contributed by atoms with Gasteiger partial charge in [-0.3, -0.25) is 4.79 Å². The monoisotopic (exact) mass is 346 g/mol. The zero-order chi connectivity index (χ0) is 17.5. The zero-order valence-corrected chi connectivity index (χ0v) is 15.1. The van der Waals surface area contributed by atoms with E-state index in [0.717, 1.165) is 12.2 Å². The molecule has 0 amide bonds. The number of pyridine rings is 1. The van der Waals surface area contributed by atoms with E-state index in [4.69, 9.17) is 16.3 Å². The molecule has 5 heteroatoms. The number of nitrogens with one attached hydrogen (secondary N) is 1. The van der Waals surface area contributed by atoms with Crippen LogP contribution >= 0.6 is 11.6 Å². The number of ether oxygens (including phenoxy) is 1. The van der Waals surface area contributed by atoms with E-state index in [1.165, 1.54) is 0 Å². The minimum atomic E-state index is -0.118. The Kier molecular flexibility index (Phi) is 6.76. The van der Waals surface area contributed by atoms with E-state index in [9.17, 15) is 4.79 Å². The molecule has 1 N–H and O–H groups in total. The Bertz CT molecular complexity index is 684. The molecule has 0 aliphatic rings. The Morgan fingerprint density at radius 2 is 1.92 bits per heavy atom. The van der Waals surface area contributed by atoms with E-state index >= 15 is 0 Å². The highest BCUT2D eigenvalue weighted by molar-refractivity contribution is 6.30. The third-order valence-electron chi connectivity index (χ3n) is 3.59. The largest absolute Gasteiger partial charge is 0.476 e. The van der Waals surface area contributed by atoms with Gasteiger partial charge in [0.15, 0.2) is 5.78 Å². The molecule has 0 unspecified atom stereocenters. The van der Waals surface area contributed by atoms with Gasteiger partial charge in [-0.25, -0.2) is 4.98 Å². The van der Waals surface area contributed by atoms with Gasteiger partial charge in [-0.2, -0.15) is 0 Å². The van der Waals surface area contributed by atoms with Crippen LogP contribution in [0.15, 0.2) is 36.4 Å². The lowest BCUT2D eigenvalue weighted by Gasteiger charge is -2.13. The second-order valence-electron chi connectivity index (χ2n) is 5.78. The minimum absolute atomic E-state index is 0.118. The number of carbonyl (C=O) groups excluding carboxylic acids is 1. The molecule has 0 saturated carbocycles. The summed E-state index contributed by atoms with van der Waals surface area (Å²) in [6.07, 6.45) is 0. The van der Waals surface area contributed by atoms with E-state index in [0.29, 0.717) is 35.2 Å². The summed E-state index contributed by atoms with van der Waals surface area (Å²) in [5.74, 6) is 0.535. The summed E-state index contributed by atoms with van der Waals surface area (Å²) in [5, 5.41) is 3.79. The maximum atomic E-state index is 12.8. The van der Waals surface area contributed by atoms with E-state index < -0.39 is 0 Å². The summed E-state index contributed by atoms with van der Waals surface area (Å²) in [7, 11) is 0. The number of aromatic nitrogens is 1.